The molecule has 178 valence electrons. The van der Waals surface area contributed by atoms with Gasteiger partial charge in [0.15, 0.2) is 6.23 Å². The molecule has 1 aromatic carbocycles. The van der Waals surface area contributed by atoms with Crippen LogP contribution < -0.4 is 4.74 Å². The fraction of sp³-hybridized carbons (Fsp3) is 0.565. The van der Waals surface area contributed by atoms with E-state index in [1.165, 1.54) is 7.11 Å². The van der Waals surface area contributed by atoms with Gasteiger partial charge in [-0.15, -0.1) is 12.4 Å². The summed E-state index contributed by atoms with van der Waals surface area (Å²) in [5.41, 5.74) is 3.21. The van der Waals surface area contributed by atoms with Crippen molar-refractivity contribution >= 4 is 24.3 Å². The Morgan fingerprint density at radius 2 is 1.97 bits per heavy atom. The van der Waals surface area contributed by atoms with Gasteiger partial charge in [0.1, 0.15) is 23.7 Å². The second-order valence-electron chi connectivity index (χ2n) is 7.91. The van der Waals surface area contributed by atoms with E-state index in [9.17, 15) is 14.7 Å². The maximum Gasteiger partial charge on any atom is 0.342 e. The Kier molecular flexibility index (Phi) is 9.36. The van der Waals surface area contributed by atoms with Gasteiger partial charge in [-0.05, 0) is 39.2 Å². The average molecular weight is 470 g/mol. The molecule has 9 heteroatoms. The van der Waals surface area contributed by atoms with Gasteiger partial charge in [-0.2, -0.15) is 0 Å². The maximum absolute atomic E-state index is 12.2. The van der Waals surface area contributed by atoms with E-state index in [-0.39, 0.29) is 48.9 Å². The number of ether oxygens (including phenoxy) is 4. The standard InChI is InChI=1S/C23H31NO7.ClH/c1-14(6-8-19(25)31-16(3)24-9-11-29-12-10-24)5-7-17-21(26)20-18(13-30-23(20)27)15(2)22(17)28-4;/h5,16,26H,6-13H2,1-4H3;1H/b14-5+;. The highest BCUT2D eigenvalue weighted by molar-refractivity contribution is 5.98. The van der Waals surface area contributed by atoms with E-state index in [1.54, 1.807) is 0 Å². The molecule has 0 amide bonds. The van der Waals surface area contributed by atoms with Gasteiger partial charge in [-0.25, -0.2) is 4.79 Å². The van der Waals surface area contributed by atoms with Crippen LogP contribution in [0.3, 0.4) is 0 Å². The predicted molar refractivity (Wildman–Crippen MR) is 120 cm³/mol. The molecule has 1 unspecified atom stereocenters. The summed E-state index contributed by atoms with van der Waals surface area (Å²) in [5, 5.41) is 10.7. The van der Waals surface area contributed by atoms with Gasteiger partial charge in [0.05, 0.1) is 20.3 Å². The predicted octanol–water partition coefficient (Wildman–Crippen LogP) is 3.29. The summed E-state index contributed by atoms with van der Waals surface area (Å²) in [5.74, 6) is -0.305. The second kappa shape index (κ2) is 11.5. The summed E-state index contributed by atoms with van der Waals surface area (Å²) in [6, 6.07) is 0. The molecule has 0 aromatic heterocycles. The molecule has 2 aliphatic rings. The molecule has 1 N–H and O–H groups in total. The number of benzene rings is 1. The minimum absolute atomic E-state index is 0. The quantitative estimate of drug-likeness (QED) is 0.458. The molecular weight excluding hydrogens is 438 g/mol. The van der Waals surface area contributed by atoms with Crippen LogP contribution in [0.25, 0.3) is 0 Å². The molecular formula is C23H32ClNO7. The molecule has 0 spiro atoms. The lowest BCUT2D eigenvalue weighted by Gasteiger charge is -2.31. The maximum atomic E-state index is 12.2. The lowest BCUT2D eigenvalue weighted by Crippen LogP contribution is -2.44. The summed E-state index contributed by atoms with van der Waals surface area (Å²) in [6.45, 7) is 8.62. The van der Waals surface area contributed by atoms with Crippen LogP contribution >= 0.6 is 12.4 Å². The van der Waals surface area contributed by atoms with Gasteiger partial charge < -0.3 is 24.1 Å². The smallest absolute Gasteiger partial charge is 0.342 e. The number of cyclic esters (lactones) is 1. The Morgan fingerprint density at radius 3 is 2.62 bits per heavy atom. The summed E-state index contributed by atoms with van der Waals surface area (Å²) in [4.78, 5) is 26.3. The molecule has 8 nitrogen and oxygen atoms in total. The fourth-order valence-electron chi connectivity index (χ4n) is 3.97. The minimum atomic E-state index is -0.516. The van der Waals surface area contributed by atoms with Crippen LogP contribution in [0.1, 0.15) is 53.7 Å². The minimum Gasteiger partial charge on any atom is -0.507 e. The topological polar surface area (TPSA) is 94.5 Å². The highest BCUT2D eigenvalue weighted by Gasteiger charge is 2.31. The third-order valence-electron chi connectivity index (χ3n) is 5.89. The molecule has 0 saturated carbocycles. The number of allylic oxidation sites excluding steroid dienone is 2. The number of nitrogens with zero attached hydrogens (tertiary/aromatic N) is 1. The fourth-order valence-corrected chi connectivity index (χ4v) is 3.97. The van der Waals surface area contributed by atoms with Crippen molar-refractivity contribution in [1.29, 1.82) is 0 Å². The molecule has 2 heterocycles. The molecule has 0 radical (unpaired) electrons. The van der Waals surface area contributed by atoms with Crippen LogP contribution in [0.5, 0.6) is 11.5 Å². The molecule has 1 aromatic rings. The number of carbonyl (C=O) groups excluding carboxylic acids is 2. The van der Waals surface area contributed by atoms with Gasteiger partial charge in [0.2, 0.25) is 0 Å². The van der Waals surface area contributed by atoms with Gasteiger partial charge in [0, 0.05) is 30.6 Å². The second-order valence-corrected chi connectivity index (χ2v) is 7.91. The van der Waals surface area contributed by atoms with Crippen LogP contribution in [0.15, 0.2) is 11.6 Å². The van der Waals surface area contributed by atoms with Gasteiger partial charge >= 0.3 is 11.9 Å². The van der Waals surface area contributed by atoms with Crippen LogP contribution in [0.4, 0.5) is 0 Å². The van der Waals surface area contributed by atoms with Crippen LogP contribution in [-0.4, -0.2) is 61.6 Å². The molecule has 1 atom stereocenters. The van der Waals surface area contributed by atoms with Crippen molar-refractivity contribution in [2.24, 2.45) is 0 Å². The van der Waals surface area contributed by atoms with Crippen molar-refractivity contribution in [3.63, 3.8) is 0 Å². The zero-order valence-electron chi connectivity index (χ0n) is 19.1. The molecule has 2 aliphatic heterocycles. The Balaban J connectivity index is 0.00000363. The Bertz CT molecular complexity index is 878. The number of phenolic OH excluding ortho intramolecular Hbond substituents is 1. The molecule has 1 fully saturated rings. The number of esters is 2. The lowest BCUT2D eigenvalue weighted by molar-refractivity contribution is -0.161. The van der Waals surface area contributed by atoms with Crippen molar-refractivity contribution in [3.05, 3.63) is 33.9 Å². The van der Waals surface area contributed by atoms with E-state index < -0.39 is 5.97 Å². The number of hydrogen-bond acceptors (Lipinski definition) is 8. The van der Waals surface area contributed by atoms with E-state index in [0.717, 1.165) is 24.2 Å². The number of fused-ring (bicyclic) bond motifs is 1. The highest BCUT2D eigenvalue weighted by Crippen LogP contribution is 2.42. The molecule has 0 aliphatic carbocycles. The lowest BCUT2D eigenvalue weighted by atomic mass is 9.94. The first kappa shape index (κ1) is 26.0. The normalized spacial score (nSPS) is 17.2. The van der Waals surface area contributed by atoms with E-state index in [2.05, 4.69) is 4.90 Å². The zero-order chi connectivity index (χ0) is 22.5. The Morgan fingerprint density at radius 1 is 1.28 bits per heavy atom. The molecule has 1 saturated heterocycles. The number of phenols is 1. The van der Waals surface area contributed by atoms with E-state index in [4.69, 9.17) is 18.9 Å². The number of aromatic hydroxyl groups is 1. The van der Waals surface area contributed by atoms with Crippen LogP contribution in [0.2, 0.25) is 0 Å². The zero-order valence-corrected chi connectivity index (χ0v) is 19.9. The largest absolute Gasteiger partial charge is 0.507 e. The van der Waals surface area contributed by atoms with Crippen molar-refractivity contribution in [1.82, 2.24) is 4.90 Å². The summed E-state index contributed by atoms with van der Waals surface area (Å²) in [6.07, 6.45) is 2.86. The number of morpholine rings is 1. The third kappa shape index (κ3) is 5.74. The first-order valence-corrected chi connectivity index (χ1v) is 10.6. The van der Waals surface area contributed by atoms with Crippen molar-refractivity contribution in [2.45, 2.75) is 52.9 Å². The highest BCUT2D eigenvalue weighted by atomic mass is 35.5. The van der Waals surface area contributed by atoms with Gasteiger partial charge in [-0.3, -0.25) is 9.69 Å². The van der Waals surface area contributed by atoms with E-state index in [1.807, 2.05) is 26.8 Å². The van der Waals surface area contributed by atoms with E-state index in [0.29, 0.717) is 42.9 Å². The van der Waals surface area contributed by atoms with Crippen molar-refractivity contribution < 1.29 is 33.6 Å². The van der Waals surface area contributed by atoms with Gasteiger partial charge in [-0.1, -0.05) is 11.6 Å². The monoisotopic (exact) mass is 469 g/mol. The van der Waals surface area contributed by atoms with E-state index >= 15 is 0 Å². The first-order valence-electron chi connectivity index (χ1n) is 10.6. The molecule has 32 heavy (non-hydrogen) atoms. The number of rotatable bonds is 8. The molecule has 0 bridgehead atoms. The van der Waals surface area contributed by atoms with Crippen LogP contribution in [-0.2, 0) is 32.0 Å². The number of methoxy groups -OCH3 is 1. The number of carbonyl (C=O) groups is 2. The Labute approximate surface area is 194 Å². The summed E-state index contributed by atoms with van der Waals surface area (Å²) >= 11 is 0. The Hall–Kier alpha value is -2.29. The number of hydrogen-bond donors (Lipinski definition) is 1. The third-order valence-corrected chi connectivity index (χ3v) is 5.89. The average Bonchev–Trinajstić information content (AvgIpc) is 3.16. The van der Waals surface area contributed by atoms with Crippen molar-refractivity contribution in [3.8, 4) is 11.5 Å². The summed E-state index contributed by atoms with van der Waals surface area (Å²) < 4.78 is 21.4. The first-order chi connectivity index (χ1) is 14.8. The van der Waals surface area contributed by atoms with Gasteiger partial charge in [0.25, 0.3) is 0 Å². The molecule has 3 rings (SSSR count). The SMILES string of the molecule is COc1c(C)c2c(c(O)c1C/C=C(\C)CCC(=O)OC(C)N1CCOCC1)C(=O)OC2.Cl. The number of halogens is 1. The van der Waals surface area contributed by atoms with Crippen molar-refractivity contribution in [2.75, 3.05) is 33.4 Å². The van der Waals surface area contributed by atoms with Crippen LogP contribution in [0, 0.1) is 6.92 Å². The summed E-state index contributed by atoms with van der Waals surface area (Å²) in [7, 11) is 1.54.